The number of aliphatic hydroxyl groups excluding tert-OH is 1. The summed E-state index contributed by atoms with van der Waals surface area (Å²) in [5.74, 6) is 0.0847. The Morgan fingerprint density at radius 3 is 1.92 bits per heavy atom. The van der Waals surface area contributed by atoms with Gasteiger partial charge in [0.1, 0.15) is 23.6 Å². The zero-order valence-corrected chi connectivity index (χ0v) is 20.8. The Kier molecular flexibility index (Phi) is 7.82. The lowest BCUT2D eigenvalue weighted by Crippen LogP contribution is -2.36. The lowest BCUT2D eigenvalue weighted by Gasteiger charge is -2.18. The van der Waals surface area contributed by atoms with E-state index in [1.165, 1.54) is 0 Å². The van der Waals surface area contributed by atoms with Crippen molar-refractivity contribution in [1.29, 1.82) is 0 Å². The Bertz CT molecular complexity index is 784. The first-order valence-corrected chi connectivity index (χ1v) is 10.9. The average Bonchev–Trinajstić information content (AvgIpc) is 2.54. The van der Waals surface area contributed by atoms with Crippen LogP contribution in [0.2, 0.25) is 0 Å². The van der Waals surface area contributed by atoms with E-state index in [9.17, 15) is 15.0 Å². The number of nitrogens with two attached hydrogens (primary N) is 1. The Morgan fingerprint density at radius 1 is 1.00 bits per heavy atom. The van der Waals surface area contributed by atoms with Gasteiger partial charge in [0.25, 0.3) is 0 Å². The number of aliphatic hydroxyl groups is 1. The van der Waals surface area contributed by atoms with E-state index in [1.54, 1.807) is 24.3 Å². The molecule has 2 aromatic rings. The van der Waals surface area contributed by atoms with Crippen LogP contribution >= 0.6 is 90.4 Å². The highest BCUT2D eigenvalue weighted by atomic mass is 127. The third-order valence-electron chi connectivity index (χ3n) is 3.20. The summed E-state index contributed by atoms with van der Waals surface area (Å²) >= 11 is 8.15. The minimum atomic E-state index is -1.40. The molecule has 0 fully saturated rings. The van der Waals surface area contributed by atoms with Crippen LogP contribution < -0.4 is 10.5 Å². The first-order chi connectivity index (χ1) is 11.6. The van der Waals surface area contributed by atoms with Crippen LogP contribution in [0.1, 0.15) is 11.7 Å². The van der Waals surface area contributed by atoms with Crippen LogP contribution in [0.15, 0.2) is 24.3 Å². The van der Waals surface area contributed by atoms with Crippen molar-refractivity contribution in [3.8, 4) is 17.2 Å². The molecule has 0 bridgehead atoms. The van der Waals surface area contributed by atoms with E-state index >= 15 is 0 Å². The van der Waals surface area contributed by atoms with Gasteiger partial charge in [-0.3, -0.25) is 4.79 Å². The minimum absolute atomic E-state index is 0.207. The van der Waals surface area contributed by atoms with Crippen LogP contribution in [0.4, 0.5) is 0 Å². The monoisotopic (exact) mass is 793 g/mol. The van der Waals surface area contributed by atoms with Crippen molar-refractivity contribution in [2.75, 3.05) is 0 Å². The fourth-order valence-electron chi connectivity index (χ4n) is 1.91. The lowest BCUT2D eigenvalue weighted by atomic mass is 10.0. The van der Waals surface area contributed by atoms with E-state index < -0.39 is 18.1 Å². The summed E-state index contributed by atoms with van der Waals surface area (Å²) in [6.45, 7) is 0. The second-order valence-electron chi connectivity index (χ2n) is 4.96. The van der Waals surface area contributed by atoms with E-state index in [2.05, 4.69) is 45.2 Å². The third kappa shape index (κ3) is 5.20. The van der Waals surface area contributed by atoms with Crippen LogP contribution in [0.5, 0.6) is 17.2 Å². The number of hydrogen-bond acceptors (Lipinski definition) is 5. The maximum Gasteiger partial charge on any atom is 0.323 e. The zero-order valence-electron chi connectivity index (χ0n) is 12.2. The molecule has 0 amide bonds. The van der Waals surface area contributed by atoms with Crippen molar-refractivity contribution in [2.24, 2.45) is 5.73 Å². The number of ether oxygens (including phenoxy) is 1. The highest BCUT2D eigenvalue weighted by Gasteiger charge is 2.25. The molecule has 134 valence electrons. The highest BCUT2D eigenvalue weighted by Crippen LogP contribution is 2.37. The second kappa shape index (κ2) is 9.03. The van der Waals surface area contributed by atoms with Crippen molar-refractivity contribution in [2.45, 2.75) is 12.1 Å². The average molecular weight is 793 g/mol. The number of phenols is 1. The lowest BCUT2D eigenvalue weighted by molar-refractivity contribution is -0.141. The predicted octanol–water partition coefficient (Wildman–Crippen LogP) is 4.05. The highest BCUT2D eigenvalue weighted by molar-refractivity contribution is 14.1. The quantitative estimate of drug-likeness (QED) is 0.341. The standard InChI is InChI=1S/C15H11I4NO5/c16-7-3-6(4-8(17)13(7)22)25-14-9(18)1-5(2-10(14)19)12(21)11(20)15(23)24/h1-4,11-12,21-22H,20H2,(H,23,24)/t11-,12+/m0/s1. The van der Waals surface area contributed by atoms with Crippen molar-refractivity contribution in [3.63, 3.8) is 0 Å². The molecule has 0 radical (unpaired) electrons. The summed E-state index contributed by atoms with van der Waals surface area (Å²) in [5.41, 5.74) is 5.90. The molecule has 5 N–H and O–H groups in total. The van der Waals surface area contributed by atoms with Crippen molar-refractivity contribution < 1.29 is 24.9 Å². The van der Waals surface area contributed by atoms with Gasteiger partial charge in [0.05, 0.1) is 14.3 Å². The van der Waals surface area contributed by atoms with Gasteiger partial charge in [0.15, 0.2) is 5.75 Å². The van der Waals surface area contributed by atoms with Crippen molar-refractivity contribution in [3.05, 3.63) is 44.1 Å². The van der Waals surface area contributed by atoms with Gasteiger partial charge >= 0.3 is 5.97 Å². The summed E-state index contributed by atoms with van der Waals surface area (Å²) in [6.07, 6.45) is -1.32. The van der Waals surface area contributed by atoms with Gasteiger partial charge in [0, 0.05) is 0 Å². The van der Waals surface area contributed by atoms with E-state index in [-0.39, 0.29) is 5.75 Å². The predicted molar refractivity (Wildman–Crippen MR) is 126 cm³/mol. The molecular formula is C15H11I4NO5. The molecule has 6 nitrogen and oxygen atoms in total. The summed E-state index contributed by atoms with van der Waals surface area (Å²) in [4.78, 5) is 10.9. The fourth-order valence-corrected chi connectivity index (χ4v) is 5.66. The molecule has 0 aromatic heterocycles. The normalized spacial score (nSPS) is 13.4. The zero-order chi connectivity index (χ0) is 18.9. The van der Waals surface area contributed by atoms with Gasteiger partial charge in [-0.25, -0.2) is 0 Å². The molecule has 0 saturated carbocycles. The smallest absolute Gasteiger partial charge is 0.323 e. The molecule has 0 heterocycles. The van der Waals surface area contributed by atoms with Crippen LogP contribution in [-0.4, -0.2) is 27.3 Å². The van der Waals surface area contributed by atoms with Gasteiger partial charge in [-0.05, 0) is 120 Å². The summed E-state index contributed by atoms with van der Waals surface area (Å²) in [6, 6.07) is 5.31. The number of rotatable bonds is 5. The SMILES string of the molecule is N[C@H](C(=O)O)[C@H](O)c1cc(I)c(Oc2cc(I)c(O)c(I)c2)c(I)c1. The van der Waals surface area contributed by atoms with Crippen LogP contribution in [0, 0.1) is 14.3 Å². The van der Waals surface area contributed by atoms with Gasteiger partial charge in [-0.15, -0.1) is 0 Å². The Morgan fingerprint density at radius 2 is 1.48 bits per heavy atom. The second-order valence-corrected chi connectivity index (χ2v) is 9.61. The number of carboxylic acid groups (broad SMARTS) is 1. The van der Waals surface area contributed by atoms with Gasteiger partial charge < -0.3 is 25.8 Å². The number of benzene rings is 2. The Balaban J connectivity index is 2.36. The maximum atomic E-state index is 10.9. The number of carboxylic acids is 1. The number of aliphatic carboxylic acids is 1. The molecule has 2 aromatic carbocycles. The first-order valence-electron chi connectivity index (χ1n) is 6.63. The number of aromatic hydroxyl groups is 1. The number of hydrogen-bond donors (Lipinski definition) is 4. The van der Waals surface area contributed by atoms with E-state index in [0.29, 0.717) is 31.3 Å². The van der Waals surface area contributed by atoms with Gasteiger partial charge in [-0.2, -0.15) is 0 Å². The summed E-state index contributed by atoms with van der Waals surface area (Å²) < 4.78 is 8.68. The van der Waals surface area contributed by atoms with E-state index in [0.717, 1.165) is 0 Å². The molecule has 0 aliphatic heterocycles. The van der Waals surface area contributed by atoms with Crippen LogP contribution in [0.3, 0.4) is 0 Å². The minimum Gasteiger partial charge on any atom is -0.506 e. The molecule has 10 heteroatoms. The molecular weight excluding hydrogens is 782 g/mol. The number of halogens is 4. The van der Waals surface area contributed by atoms with E-state index in [1.807, 2.05) is 45.2 Å². The largest absolute Gasteiger partial charge is 0.506 e. The first kappa shape index (κ1) is 21.6. The molecule has 0 saturated heterocycles. The van der Waals surface area contributed by atoms with Crippen LogP contribution in [-0.2, 0) is 4.79 Å². The van der Waals surface area contributed by atoms with E-state index in [4.69, 9.17) is 15.6 Å². The molecule has 0 unspecified atom stereocenters. The molecule has 2 atom stereocenters. The topological polar surface area (TPSA) is 113 Å². The number of carbonyl (C=O) groups is 1. The Labute approximate surface area is 198 Å². The Hall–Kier alpha value is 0.350. The molecule has 25 heavy (non-hydrogen) atoms. The van der Waals surface area contributed by atoms with Crippen LogP contribution in [0.25, 0.3) is 0 Å². The molecule has 0 spiro atoms. The van der Waals surface area contributed by atoms with Gasteiger partial charge in [0.2, 0.25) is 0 Å². The maximum absolute atomic E-state index is 10.9. The van der Waals surface area contributed by atoms with Gasteiger partial charge in [-0.1, -0.05) is 0 Å². The number of phenolic OH excluding ortho intramolecular Hbond substituents is 1. The summed E-state index contributed by atoms with van der Waals surface area (Å²) in [7, 11) is 0. The molecule has 0 aliphatic carbocycles. The summed E-state index contributed by atoms with van der Waals surface area (Å²) in [5, 5.41) is 28.9. The third-order valence-corrected chi connectivity index (χ3v) is 6.44. The fraction of sp³-hybridized carbons (Fsp3) is 0.133. The molecule has 2 rings (SSSR count). The van der Waals surface area contributed by atoms with Crippen molar-refractivity contribution in [1.82, 2.24) is 0 Å². The van der Waals surface area contributed by atoms with Crippen molar-refractivity contribution >= 4 is 96.3 Å². The molecule has 0 aliphatic rings.